The van der Waals surface area contributed by atoms with E-state index in [2.05, 4.69) is 31.2 Å². The van der Waals surface area contributed by atoms with E-state index < -0.39 is 10.0 Å². The van der Waals surface area contributed by atoms with Crippen molar-refractivity contribution in [1.82, 2.24) is 8.87 Å². The van der Waals surface area contributed by atoms with Crippen molar-refractivity contribution in [2.45, 2.75) is 26.4 Å². The number of hydrogen-bond donors (Lipinski definition) is 1. The second-order valence-corrected chi connectivity index (χ2v) is 10.5. The summed E-state index contributed by atoms with van der Waals surface area (Å²) in [5.74, 6) is -0.0570. The normalized spacial score (nSPS) is 18.2. The molecule has 1 N–H and O–H groups in total. The van der Waals surface area contributed by atoms with Gasteiger partial charge in [-0.1, -0.05) is 48.0 Å². The third-order valence-electron chi connectivity index (χ3n) is 6.10. The van der Waals surface area contributed by atoms with Gasteiger partial charge in [-0.25, -0.2) is 8.42 Å². The van der Waals surface area contributed by atoms with E-state index in [0.29, 0.717) is 18.5 Å². The molecule has 31 heavy (non-hydrogen) atoms. The summed E-state index contributed by atoms with van der Waals surface area (Å²) in [4.78, 5) is 14.1. The van der Waals surface area contributed by atoms with Gasteiger partial charge in [0.2, 0.25) is 10.0 Å². The Morgan fingerprint density at radius 2 is 1.74 bits per heavy atom. The molecule has 2 aromatic carbocycles. The molecule has 1 aliphatic heterocycles. The van der Waals surface area contributed by atoms with Gasteiger partial charge in [-0.2, -0.15) is 4.31 Å². The zero-order valence-corrected chi connectivity index (χ0v) is 18.8. The minimum Gasteiger partial charge on any atom is -0.330 e. The molecule has 0 saturated carbocycles. The lowest BCUT2D eigenvalue weighted by Gasteiger charge is -2.20. The highest BCUT2D eigenvalue weighted by molar-refractivity contribution is 7.89. The van der Waals surface area contributed by atoms with Crippen LogP contribution >= 0.6 is 0 Å². The minimum absolute atomic E-state index is 0.0570. The quantitative estimate of drug-likeness (QED) is 0.631. The Kier molecular flexibility index (Phi) is 6.55. The van der Waals surface area contributed by atoms with E-state index in [9.17, 15) is 13.2 Å². The second kappa shape index (κ2) is 9.34. The molecule has 0 radical (unpaired) electrons. The number of hydrogen-bond acceptors (Lipinski definition) is 3. The van der Waals surface area contributed by atoms with Gasteiger partial charge in [0.15, 0.2) is 0 Å². The van der Waals surface area contributed by atoms with Crippen molar-refractivity contribution in [3.8, 4) is 0 Å². The van der Waals surface area contributed by atoms with E-state index in [1.165, 1.54) is 20.6 Å². The van der Waals surface area contributed by atoms with E-state index in [-0.39, 0.29) is 17.9 Å². The Labute approximate surface area is 183 Å². The van der Waals surface area contributed by atoms with Crippen LogP contribution in [0.5, 0.6) is 0 Å². The van der Waals surface area contributed by atoms with Crippen molar-refractivity contribution in [1.29, 1.82) is 0 Å². The molecule has 0 amide bonds. The lowest BCUT2D eigenvalue weighted by molar-refractivity contribution is -0.911. The van der Waals surface area contributed by atoms with Crippen molar-refractivity contribution in [2.24, 2.45) is 0 Å². The van der Waals surface area contributed by atoms with Gasteiger partial charge >= 0.3 is 0 Å². The van der Waals surface area contributed by atoms with Gasteiger partial charge in [0.1, 0.15) is 6.54 Å². The van der Waals surface area contributed by atoms with Crippen LogP contribution in [-0.4, -0.2) is 49.2 Å². The molecule has 7 heteroatoms. The molecule has 0 spiro atoms. The molecule has 1 saturated heterocycles. The number of aromatic nitrogens is 1. The summed E-state index contributed by atoms with van der Waals surface area (Å²) >= 11 is 0. The average molecular weight is 441 g/mol. The first-order chi connectivity index (χ1) is 14.9. The predicted molar refractivity (Wildman–Crippen MR) is 124 cm³/mol. The van der Waals surface area contributed by atoms with Crippen LogP contribution < -0.4 is 10.5 Å². The molecule has 1 fully saturated rings. The molecule has 2 heterocycles. The standard InChI is InChI=1S/C24H29N3O3S/c1-20-7-9-21(10-8-20)19-25-12-4-13-27(16-15-25)31(29,30)18-17-26-14-11-22-5-2-3-6-23(22)24(26)28/h2-3,5-11,14H,4,12-13,15-19H2,1H3/p+1. The Balaban J connectivity index is 1.38. The van der Waals surface area contributed by atoms with Crippen molar-refractivity contribution in [3.05, 3.63) is 82.3 Å². The zero-order valence-electron chi connectivity index (χ0n) is 18.0. The second-order valence-electron chi connectivity index (χ2n) is 8.38. The van der Waals surface area contributed by atoms with Gasteiger partial charge in [-0.15, -0.1) is 0 Å². The molecule has 1 atom stereocenters. The van der Waals surface area contributed by atoms with Crippen LogP contribution in [0.4, 0.5) is 0 Å². The number of quaternary nitrogens is 1. The summed E-state index contributed by atoms with van der Waals surface area (Å²) in [5, 5.41) is 1.49. The van der Waals surface area contributed by atoms with E-state index in [1.807, 2.05) is 24.3 Å². The third kappa shape index (κ3) is 5.23. The Hall–Kier alpha value is -2.48. The maximum atomic E-state index is 13.0. The molecule has 6 nitrogen and oxygen atoms in total. The summed E-state index contributed by atoms with van der Waals surface area (Å²) in [7, 11) is -3.42. The first-order valence-corrected chi connectivity index (χ1v) is 12.5. The average Bonchev–Trinajstić information content (AvgIpc) is 3.01. The van der Waals surface area contributed by atoms with Gasteiger partial charge in [-0.3, -0.25) is 4.79 Å². The Morgan fingerprint density at radius 1 is 0.968 bits per heavy atom. The van der Waals surface area contributed by atoms with Crippen LogP contribution in [0.3, 0.4) is 0 Å². The number of sulfonamides is 1. The monoisotopic (exact) mass is 440 g/mol. The van der Waals surface area contributed by atoms with Gasteiger partial charge in [0, 0.05) is 36.7 Å². The SMILES string of the molecule is Cc1ccc(C[NH+]2CCCN(S(=O)(=O)CCn3ccc4ccccc4c3=O)CC2)cc1. The van der Waals surface area contributed by atoms with Crippen molar-refractivity contribution < 1.29 is 13.3 Å². The van der Waals surface area contributed by atoms with Crippen molar-refractivity contribution in [2.75, 3.05) is 31.9 Å². The Bertz CT molecular complexity index is 1200. The van der Waals surface area contributed by atoms with Crippen molar-refractivity contribution >= 4 is 20.8 Å². The molecular formula is C24H30N3O3S+. The van der Waals surface area contributed by atoms with Gasteiger partial charge in [-0.05, 0) is 24.4 Å². The van der Waals surface area contributed by atoms with E-state index >= 15 is 0 Å². The smallest absolute Gasteiger partial charge is 0.258 e. The summed E-state index contributed by atoms with van der Waals surface area (Å²) in [6, 6.07) is 17.8. The maximum absolute atomic E-state index is 13.0. The number of benzene rings is 2. The fourth-order valence-corrected chi connectivity index (χ4v) is 5.69. The van der Waals surface area contributed by atoms with E-state index in [4.69, 9.17) is 0 Å². The lowest BCUT2D eigenvalue weighted by Crippen LogP contribution is -3.11. The molecule has 164 valence electrons. The first-order valence-electron chi connectivity index (χ1n) is 10.9. The number of nitrogens with zero attached hydrogens (tertiary/aromatic N) is 2. The zero-order chi connectivity index (χ0) is 21.8. The van der Waals surface area contributed by atoms with Gasteiger partial charge in [0.25, 0.3) is 5.56 Å². The fourth-order valence-electron chi connectivity index (χ4n) is 4.22. The summed E-state index contributed by atoms with van der Waals surface area (Å²) in [6.07, 6.45) is 2.53. The molecule has 0 aliphatic carbocycles. The van der Waals surface area contributed by atoms with Gasteiger partial charge < -0.3 is 9.47 Å². The number of nitrogens with one attached hydrogen (secondary N) is 1. The van der Waals surface area contributed by atoms with Crippen LogP contribution in [-0.2, 0) is 23.1 Å². The van der Waals surface area contributed by atoms with E-state index in [1.54, 1.807) is 16.6 Å². The summed E-state index contributed by atoms with van der Waals surface area (Å²) in [5.41, 5.74) is 2.39. The number of aryl methyl sites for hydroxylation is 2. The van der Waals surface area contributed by atoms with Crippen LogP contribution in [0.15, 0.2) is 65.6 Å². The van der Waals surface area contributed by atoms with Crippen LogP contribution in [0.1, 0.15) is 17.5 Å². The highest BCUT2D eigenvalue weighted by atomic mass is 32.2. The van der Waals surface area contributed by atoms with Crippen LogP contribution in [0, 0.1) is 6.92 Å². The molecular weight excluding hydrogens is 410 g/mol. The topological polar surface area (TPSA) is 63.8 Å². The molecule has 4 rings (SSSR count). The third-order valence-corrected chi connectivity index (χ3v) is 7.95. The highest BCUT2D eigenvalue weighted by Gasteiger charge is 2.26. The minimum atomic E-state index is -3.42. The van der Waals surface area contributed by atoms with Crippen molar-refractivity contribution in [3.63, 3.8) is 0 Å². The number of rotatable bonds is 6. The molecule has 1 unspecified atom stereocenters. The van der Waals surface area contributed by atoms with Crippen LogP contribution in [0.2, 0.25) is 0 Å². The predicted octanol–water partition coefficient (Wildman–Crippen LogP) is 1.43. The molecule has 3 aromatic rings. The van der Waals surface area contributed by atoms with Crippen LogP contribution in [0.25, 0.3) is 10.8 Å². The van der Waals surface area contributed by atoms with Gasteiger partial charge in [0.05, 0.1) is 25.4 Å². The largest absolute Gasteiger partial charge is 0.330 e. The number of fused-ring (bicyclic) bond motifs is 1. The highest BCUT2D eigenvalue weighted by Crippen LogP contribution is 2.09. The maximum Gasteiger partial charge on any atom is 0.258 e. The number of pyridine rings is 1. The summed E-state index contributed by atoms with van der Waals surface area (Å²) < 4.78 is 29.1. The summed E-state index contributed by atoms with van der Waals surface area (Å²) in [6.45, 7) is 6.00. The molecule has 0 bridgehead atoms. The first kappa shape index (κ1) is 21.7. The Morgan fingerprint density at radius 3 is 2.55 bits per heavy atom. The van der Waals surface area contributed by atoms with E-state index in [0.717, 1.165) is 31.4 Å². The molecule has 1 aromatic heterocycles. The fraction of sp³-hybridized carbons (Fsp3) is 0.375. The molecule has 1 aliphatic rings. The lowest BCUT2D eigenvalue weighted by atomic mass is 10.1.